The Balaban J connectivity index is 1.64. The molecule has 1 aliphatic rings. The second-order valence-electron chi connectivity index (χ2n) is 7.47. The number of carbonyl (C=O) groups excluding carboxylic acids is 1. The Kier molecular flexibility index (Phi) is 7.90. The van der Waals surface area contributed by atoms with Crippen LogP contribution in [0.1, 0.15) is 18.1 Å². The van der Waals surface area contributed by atoms with Gasteiger partial charge in [0.15, 0.2) is 23.3 Å². The second-order valence-corrected chi connectivity index (χ2v) is 10.2. The molecule has 0 bridgehead atoms. The molecule has 4 rings (SSSR count). The molecule has 0 radical (unpaired) electrons. The van der Waals surface area contributed by atoms with E-state index in [2.05, 4.69) is 50.3 Å². The summed E-state index contributed by atoms with van der Waals surface area (Å²) in [5.41, 5.74) is -0.144. The van der Waals surface area contributed by atoms with E-state index in [1.807, 2.05) is 18.2 Å². The quantitative estimate of drug-likeness (QED) is 0.0888. The summed E-state index contributed by atoms with van der Waals surface area (Å²) >= 11 is 10.3. The number of nitrogens with zero attached hydrogens (tertiary/aromatic N) is 2. The van der Waals surface area contributed by atoms with Crippen molar-refractivity contribution in [2.24, 2.45) is 5.10 Å². The number of hydrazone groups is 1. The van der Waals surface area contributed by atoms with Crippen molar-refractivity contribution in [1.82, 2.24) is 0 Å². The molecule has 0 N–H and O–H groups in total. The first-order chi connectivity index (χ1) is 17.0. The van der Waals surface area contributed by atoms with Gasteiger partial charge >= 0.3 is 0 Å². The van der Waals surface area contributed by atoms with Gasteiger partial charge in [0.05, 0.1) is 18.4 Å². The zero-order chi connectivity index (χ0) is 26.3. The minimum Gasteiger partial charge on any atom is -0.487 e. The number of carbonyl (C=O) groups is 1. The van der Waals surface area contributed by atoms with E-state index >= 15 is 0 Å². The number of hydrogen-bond donors (Lipinski definition) is 0. The minimum absolute atomic E-state index is 0.0352. The zero-order valence-corrected chi connectivity index (χ0v) is 23.1. The van der Waals surface area contributed by atoms with Crippen molar-refractivity contribution in [2.75, 3.05) is 5.01 Å². The smallest absolute Gasteiger partial charge is 0.280 e. The van der Waals surface area contributed by atoms with Gasteiger partial charge < -0.3 is 4.74 Å². The fourth-order valence-electron chi connectivity index (χ4n) is 3.35. The zero-order valence-electron chi connectivity index (χ0n) is 18.0. The molecule has 0 fully saturated rings. The van der Waals surface area contributed by atoms with E-state index in [0.29, 0.717) is 23.5 Å². The van der Waals surface area contributed by atoms with Gasteiger partial charge in [-0.25, -0.2) is 22.0 Å². The molecule has 186 valence electrons. The van der Waals surface area contributed by atoms with Crippen LogP contribution < -0.4 is 9.75 Å². The molecule has 1 amide bonds. The van der Waals surface area contributed by atoms with Crippen LogP contribution in [0, 0.1) is 36.2 Å². The van der Waals surface area contributed by atoms with E-state index < -0.39 is 40.7 Å². The van der Waals surface area contributed by atoms with Crippen LogP contribution >= 0.6 is 56.8 Å². The monoisotopic (exact) mass is 744 g/mol. The fraction of sp³-hybridized carbons (Fsp3) is 0.0833. The molecule has 0 spiro atoms. The van der Waals surface area contributed by atoms with E-state index in [1.165, 1.54) is 13.0 Å². The van der Waals surface area contributed by atoms with Crippen LogP contribution in [-0.2, 0) is 11.4 Å². The lowest BCUT2D eigenvalue weighted by molar-refractivity contribution is -0.114. The minimum atomic E-state index is -2.32. The molecule has 0 saturated heterocycles. The van der Waals surface area contributed by atoms with Crippen LogP contribution in [0.3, 0.4) is 0 Å². The van der Waals surface area contributed by atoms with Gasteiger partial charge in [0.25, 0.3) is 5.91 Å². The standard InChI is InChI=1S/C24H12ClF5I2N2O2/c1-10-13(24(35)34(33-10)22-20(29)18(27)17(26)19(28)21(22)30)6-11-7-15(31)23(16(32)8-11)36-9-12-4-2-3-5-14(12)25/h2-8H,9H2,1H3/b13-6+. The largest absolute Gasteiger partial charge is 0.487 e. The van der Waals surface area contributed by atoms with Crippen molar-refractivity contribution in [1.29, 1.82) is 0 Å². The van der Waals surface area contributed by atoms with Crippen LogP contribution in [-0.4, -0.2) is 11.6 Å². The number of halogens is 8. The molecule has 3 aromatic rings. The first kappa shape index (κ1) is 26.8. The SMILES string of the molecule is CC1=NN(c2c(F)c(F)c(F)c(F)c2F)C(=O)/C1=C/c1cc(I)c(OCc2ccccc2Cl)c(I)c1. The number of rotatable bonds is 5. The van der Waals surface area contributed by atoms with Crippen LogP contribution in [0.25, 0.3) is 6.08 Å². The maximum Gasteiger partial charge on any atom is 0.280 e. The Labute approximate surface area is 234 Å². The average Bonchev–Trinajstić information content (AvgIpc) is 3.10. The maximum atomic E-state index is 14.3. The third kappa shape index (κ3) is 4.96. The van der Waals surface area contributed by atoms with E-state index in [9.17, 15) is 26.7 Å². The van der Waals surface area contributed by atoms with Crippen LogP contribution in [0.15, 0.2) is 47.1 Å². The van der Waals surface area contributed by atoms with E-state index in [4.69, 9.17) is 16.3 Å². The second kappa shape index (κ2) is 10.6. The molecule has 1 heterocycles. The Morgan fingerprint density at radius 2 is 1.53 bits per heavy atom. The Hall–Kier alpha value is -2.26. The summed E-state index contributed by atoms with van der Waals surface area (Å²) in [5, 5.41) is 4.48. The van der Waals surface area contributed by atoms with E-state index in [1.54, 1.807) is 18.2 Å². The van der Waals surface area contributed by atoms with Gasteiger partial charge in [0, 0.05) is 10.6 Å². The highest BCUT2D eigenvalue weighted by Crippen LogP contribution is 2.35. The predicted octanol–water partition coefficient (Wildman–Crippen LogP) is 7.63. The van der Waals surface area contributed by atoms with Crippen molar-refractivity contribution < 1.29 is 31.5 Å². The van der Waals surface area contributed by atoms with Crippen LogP contribution in [0.5, 0.6) is 5.75 Å². The Bertz CT molecular complexity index is 1430. The molecule has 0 saturated carbocycles. The summed E-state index contributed by atoms with van der Waals surface area (Å²) in [5.74, 6) is -11.4. The molecule has 0 atom stereocenters. The van der Waals surface area contributed by atoms with E-state index in [0.717, 1.165) is 5.56 Å². The van der Waals surface area contributed by atoms with Crippen molar-refractivity contribution >= 4 is 80.2 Å². The molecule has 3 aromatic carbocycles. The first-order valence-corrected chi connectivity index (χ1v) is 12.5. The number of amides is 1. The molecular formula is C24H12ClF5I2N2O2. The normalized spacial score (nSPS) is 14.6. The molecule has 12 heteroatoms. The summed E-state index contributed by atoms with van der Waals surface area (Å²) in [6.45, 7) is 1.61. The molecule has 0 aliphatic carbocycles. The number of anilines is 1. The van der Waals surface area contributed by atoms with Gasteiger partial charge in [-0.2, -0.15) is 10.1 Å². The summed E-state index contributed by atoms with van der Waals surface area (Å²) in [4.78, 5) is 12.9. The summed E-state index contributed by atoms with van der Waals surface area (Å²) in [6.07, 6.45) is 1.41. The lowest BCUT2D eigenvalue weighted by atomic mass is 10.1. The highest BCUT2D eigenvalue weighted by Gasteiger charge is 2.37. The van der Waals surface area contributed by atoms with Gasteiger partial charge in [0.2, 0.25) is 5.82 Å². The highest BCUT2D eigenvalue weighted by atomic mass is 127. The Morgan fingerprint density at radius 3 is 2.11 bits per heavy atom. The van der Waals surface area contributed by atoms with Gasteiger partial charge in [0.1, 0.15) is 18.0 Å². The summed E-state index contributed by atoms with van der Waals surface area (Å²) < 4.78 is 76.6. The summed E-state index contributed by atoms with van der Waals surface area (Å²) in [7, 11) is 0. The lowest BCUT2D eigenvalue weighted by Gasteiger charge is -2.15. The number of ether oxygens (including phenoxy) is 1. The molecule has 0 aromatic heterocycles. The van der Waals surface area contributed by atoms with Gasteiger partial charge in [-0.05, 0) is 81.9 Å². The van der Waals surface area contributed by atoms with Gasteiger partial charge in [-0.1, -0.05) is 29.8 Å². The molecular weight excluding hydrogens is 733 g/mol. The van der Waals surface area contributed by atoms with Crippen molar-refractivity contribution in [2.45, 2.75) is 13.5 Å². The maximum absolute atomic E-state index is 14.3. The van der Waals surface area contributed by atoms with Crippen LogP contribution in [0.2, 0.25) is 5.02 Å². The summed E-state index contributed by atoms with van der Waals surface area (Å²) in [6, 6.07) is 10.7. The Morgan fingerprint density at radius 1 is 0.972 bits per heavy atom. The fourth-order valence-corrected chi connectivity index (χ4v) is 5.67. The van der Waals surface area contributed by atoms with Gasteiger partial charge in [-0.15, -0.1) is 0 Å². The molecule has 0 unspecified atom stereocenters. The third-order valence-electron chi connectivity index (χ3n) is 5.12. The number of hydrogen-bond acceptors (Lipinski definition) is 3. The molecule has 36 heavy (non-hydrogen) atoms. The van der Waals surface area contributed by atoms with Crippen molar-refractivity contribution in [3.8, 4) is 5.75 Å². The molecule has 1 aliphatic heterocycles. The van der Waals surface area contributed by atoms with Crippen molar-refractivity contribution in [3.63, 3.8) is 0 Å². The van der Waals surface area contributed by atoms with Crippen LogP contribution in [0.4, 0.5) is 27.6 Å². The number of benzene rings is 3. The molecule has 4 nitrogen and oxygen atoms in total. The van der Waals surface area contributed by atoms with E-state index in [-0.39, 0.29) is 22.9 Å². The predicted molar refractivity (Wildman–Crippen MR) is 142 cm³/mol. The third-order valence-corrected chi connectivity index (χ3v) is 7.09. The first-order valence-electron chi connectivity index (χ1n) is 9.99. The average molecular weight is 745 g/mol. The van der Waals surface area contributed by atoms with Gasteiger partial charge in [-0.3, -0.25) is 4.79 Å². The highest BCUT2D eigenvalue weighted by molar-refractivity contribution is 14.1. The van der Waals surface area contributed by atoms with Crippen molar-refractivity contribution in [3.05, 3.63) is 94.3 Å². The topological polar surface area (TPSA) is 41.9 Å². The lowest BCUT2D eigenvalue weighted by Crippen LogP contribution is -2.25.